The van der Waals surface area contributed by atoms with Gasteiger partial charge in [0.2, 0.25) is 0 Å². The first kappa shape index (κ1) is 14.3. The van der Waals surface area contributed by atoms with Crippen molar-refractivity contribution in [3.05, 3.63) is 58.3 Å². The number of halogens is 1. The molecule has 3 aromatic rings. The number of hydrogen-bond donors (Lipinski definition) is 1. The van der Waals surface area contributed by atoms with Crippen molar-refractivity contribution >= 4 is 21.6 Å². The number of aromatic nitrogens is 2. The van der Waals surface area contributed by atoms with Crippen LogP contribution in [0.25, 0.3) is 16.9 Å². The van der Waals surface area contributed by atoms with Gasteiger partial charge in [-0.15, -0.1) is 0 Å². The van der Waals surface area contributed by atoms with Gasteiger partial charge in [-0.25, -0.2) is 4.98 Å². The van der Waals surface area contributed by atoms with E-state index < -0.39 is 6.10 Å². The summed E-state index contributed by atoms with van der Waals surface area (Å²) in [6.45, 7) is 4.02. The van der Waals surface area contributed by atoms with Gasteiger partial charge in [-0.05, 0) is 37.1 Å². The predicted molar refractivity (Wildman–Crippen MR) is 88.3 cm³/mol. The highest BCUT2D eigenvalue weighted by Crippen LogP contribution is 2.31. The third-order valence-electron chi connectivity index (χ3n) is 3.62. The molecule has 1 aromatic carbocycles. The number of aliphatic hydroxyl groups excluding tert-OH is 1. The lowest BCUT2D eigenvalue weighted by Gasteiger charge is -2.11. The molecule has 0 amide bonds. The number of hydrogen-bond acceptors (Lipinski definition) is 2. The van der Waals surface area contributed by atoms with E-state index in [0.717, 1.165) is 32.6 Å². The van der Waals surface area contributed by atoms with Gasteiger partial charge in [0.05, 0.1) is 17.5 Å². The number of aryl methyl sites for hydroxylation is 1. The molecule has 108 valence electrons. The van der Waals surface area contributed by atoms with Gasteiger partial charge in [-0.3, -0.25) is 0 Å². The number of nitrogens with zero attached hydrogens (tertiary/aromatic N) is 2. The second kappa shape index (κ2) is 5.62. The number of benzene rings is 1. The second-order valence-electron chi connectivity index (χ2n) is 5.21. The molecular weight excluding hydrogens is 328 g/mol. The maximum absolute atomic E-state index is 10.4. The Balaban J connectivity index is 2.28. The van der Waals surface area contributed by atoms with Crippen molar-refractivity contribution in [3.8, 4) is 11.3 Å². The Kier molecular flexibility index (Phi) is 3.83. The molecule has 21 heavy (non-hydrogen) atoms. The van der Waals surface area contributed by atoms with Crippen LogP contribution in [0.4, 0.5) is 0 Å². The zero-order valence-corrected chi connectivity index (χ0v) is 13.6. The minimum atomic E-state index is -0.527. The maximum Gasteiger partial charge on any atom is 0.137 e. The Morgan fingerprint density at radius 1 is 1.19 bits per heavy atom. The second-order valence-corrected chi connectivity index (χ2v) is 6.13. The normalized spacial score (nSPS) is 12.8. The molecule has 2 aromatic heterocycles. The number of fused-ring (bicyclic) bond motifs is 1. The van der Waals surface area contributed by atoms with Gasteiger partial charge in [-0.2, -0.15) is 0 Å². The largest absolute Gasteiger partial charge is 0.387 e. The fourth-order valence-electron chi connectivity index (χ4n) is 2.50. The molecule has 1 N–H and O–H groups in total. The molecule has 3 nitrogen and oxygen atoms in total. The molecular formula is C17H17BrN2O. The summed E-state index contributed by atoms with van der Waals surface area (Å²) in [7, 11) is 0. The Hall–Kier alpha value is -1.65. The van der Waals surface area contributed by atoms with E-state index in [2.05, 4.69) is 15.9 Å². The van der Waals surface area contributed by atoms with Crippen molar-refractivity contribution < 1.29 is 5.11 Å². The molecule has 0 aliphatic rings. The van der Waals surface area contributed by atoms with Crippen molar-refractivity contribution in [2.24, 2.45) is 0 Å². The van der Waals surface area contributed by atoms with Crippen LogP contribution in [0.1, 0.15) is 30.7 Å². The highest BCUT2D eigenvalue weighted by Gasteiger charge is 2.19. The van der Waals surface area contributed by atoms with Crippen molar-refractivity contribution in [3.63, 3.8) is 0 Å². The van der Waals surface area contributed by atoms with Crippen LogP contribution in [0.2, 0.25) is 0 Å². The smallest absolute Gasteiger partial charge is 0.137 e. The van der Waals surface area contributed by atoms with Crippen molar-refractivity contribution in [2.45, 2.75) is 26.4 Å². The van der Waals surface area contributed by atoms with Crippen molar-refractivity contribution in [1.82, 2.24) is 9.38 Å². The van der Waals surface area contributed by atoms with E-state index in [0.29, 0.717) is 6.42 Å². The van der Waals surface area contributed by atoms with Crippen LogP contribution in [0.3, 0.4) is 0 Å². The van der Waals surface area contributed by atoms with E-state index in [4.69, 9.17) is 4.98 Å². The lowest BCUT2D eigenvalue weighted by atomic mass is 10.1. The quantitative estimate of drug-likeness (QED) is 0.758. The molecule has 0 saturated carbocycles. The van der Waals surface area contributed by atoms with Crippen LogP contribution in [-0.4, -0.2) is 14.5 Å². The van der Waals surface area contributed by atoms with Gasteiger partial charge in [0.25, 0.3) is 0 Å². The Morgan fingerprint density at radius 3 is 2.57 bits per heavy atom. The first-order valence-corrected chi connectivity index (χ1v) is 7.82. The zero-order valence-electron chi connectivity index (χ0n) is 12.0. The van der Waals surface area contributed by atoms with Crippen molar-refractivity contribution in [2.75, 3.05) is 0 Å². The minimum Gasteiger partial charge on any atom is -0.387 e. The highest BCUT2D eigenvalue weighted by atomic mass is 79.9. The van der Waals surface area contributed by atoms with E-state index in [1.165, 1.54) is 0 Å². The van der Waals surface area contributed by atoms with Gasteiger partial charge in [0.15, 0.2) is 0 Å². The molecule has 1 atom stereocenters. The molecule has 0 saturated heterocycles. The highest BCUT2D eigenvalue weighted by molar-refractivity contribution is 9.10. The number of pyridine rings is 1. The maximum atomic E-state index is 10.4. The Morgan fingerprint density at radius 2 is 1.90 bits per heavy atom. The van der Waals surface area contributed by atoms with Gasteiger partial charge in [0, 0.05) is 16.2 Å². The first-order chi connectivity index (χ1) is 10.1. The molecule has 2 heterocycles. The lowest BCUT2D eigenvalue weighted by molar-refractivity contribution is 0.168. The van der Waals surface area contributed by atoms with E-state index in [1.807, 2.05) is 60.8 Å². The molecule has 4 heteroatoms. The summed E-state index contributed by atoms with van der Waals surface area (Å²) in [5, 5.41) is 10.4. The molecule has 0 aliphatic carbocycles. The first-order valence-electron chi connectivity index (χ1n) is 7.02. The van der Waals surface area contributed by atoms with Crippen LogP contribution >= 0.6 is 15.9 Å². The summed E-state index contributed by atoms with van der Waals surface area (Å²) in [4.78, 5) is 4.71. The summed E-state index contributed by atoms with van der Waals surface area (Å²) in [5.74, 6) is 0. The SMILES string of the molecule is CCC(O)c1c(-c2ccc(Br)cc2)nc2ccc(C)cn12. The van der Waals surface area contributed by atoms with Crippen LogP contribution in [0, 0.1) is 6.92 Å². The van der Waals surface area contributed by atoms with Crippen LogP contribution in [-0.2, 0) is 0 Å². The van der Waals surface area contributed by atoms with Gasteiger partial charge in [-0.1, -0.05) is 41.1 Å². The molecule has 3 rings (SSSR count). The van der Waals surface area contributed by atoms with Gasteiger partial charge in [0.1, 0.15) is 5.65 Å². The summed E-state index contributed by atoms with van der Waals surface area (Å²) in [6, 6.07) is 12.0. The number of rotatable bonds is 3. The van der Waals surface area contributed by atoms with Crippen molar-refractivity contribution in [1.29, 1.82) is 0 Å². The van der Waals surface area contributed by atoms with E-state index in [1.54, 1.807) is 0 Å². The number of aliphatic hydroxyl groups is 1. The summed E-state index contributed by atoms with van der Waals surface area (Å²) in [6.07, 6.45) is 2.16. The fourth-order valence-corrected chi connectivity index (χ4v) is 2.77. The van der Waals surface area contributed by atoms with Crippen LogP contribution < -0.4 is 0 Å². The van der Waals surface area contributed by atoms with Crippen LogP contribution in [0.15, 0.2) is 47.1 Å². The topological polar surface area (TPSA) is 37.5 Å². The number of imidazole rings is 1. The van der Waals surface area contributed by atoms with E-state index in [9.17, 15) is 5.11 Å². The molecule has 0 fully saturated rings. The minimum absolute atomic E-state index is 0.527. The summed E-state index contributed by atoms with van der Waals surface area (Å²) < 4.78 is 3.03. The molecule has 0 aliphatic heterocycles. The fraction of sp³-hybridized carbons (Fsp3) is 0.235. The average molecular weight is 345 g/mol. The third-order valence-corrected chi connectivity index (χ3v) is 4.15. The molecule has 0 radical (unpaired) electrons. The standard InChI is InChI=1S/C17H17BrN2O/c1-3-14(21)17-16(12-5-7-13(18)8-6-12)19-15-9-4-11(2)10-20(15)17/h4-10,14,21H,3H2,1-2H3. The zero-order chi connectivity index (χ0) is 15.0. The molecule has 0 bridgehead atoms. The van der Waals surface area contributed by atoms with Gasteiger partial charge >= 0.3 is 0 Å². The monoisotopic (exact) mass is 344 g/mol. The van der Waals surface area contributed by atoms with Gasteiger partial charge < -0.3 is 9.51 Å². The Labute approximate surface area is 132 Å². The Bertz CT molecular complexity index is 777. The molecule has 1 unspecified atom stereocenters. The lowest BCUT2D eigenvalue weighted by Crippen LogP contribution is -2.02. The third kappa shape index (κ3) is 2.61. The average Bonchev–Trinajstić information content (AvgIpc) is 2.85. The van der Waals surface area contributed by atoms with Crippen LogP contribution in [0.5, 0.6) is 0 Å². The summed E-state index contributed by atoms with van der Waals surface area (Å²) in [5.41, 5.74) is 4.73. The van der Waals surface area contributed by atoms with E-state index in [-0.39, 0.29) is 0 Å². The molecule has 0 spiro atoms. The summed E-state index contributed by atoms with van der Waals surface area (Å²) >= 11 is 3.45. The van der Waals surface area contributed by atoms with E-state index >= 15 is 0 Å². The predicted octanol–water partition coefficient (Wildman–Crippen LogP) is 4.52.